The summed E-state index contributed by atoms with van der Waals surface area (Å²) in [5.74, 6) is 0.875. The van der Waals surface area contributed by atoms with Crippen LogP contribution < -0.4 is 0 Å². The van der Waals surface area contributed by atoms with Crippen LogP contribution in [0.3, 0.4) is 0 Å². The van der Waals surface area contributed by atoms with Crippen LogP contribution in [0.5, 0.6) is 0 Å². The van der Waals surface area contributed by atoms with Crippen LogP contribution in [0.25, 0.3) is 0 Å². The van der Waals surface area contributed by atoms with Crippen molar-refractivity contribution in [1.82, 2.24) is 0 Å². The van der Waals surface area contributed by atoms with Crippen molar-refractivity contribution in [2.75, 3.05) is 6.54 Å². The van der Waals surface area contributed by atoms with Gasteiger partial charge in [-0.2, -0.15) is 0 Å². The monoisotopic (exact) mass is 281 g/mol. The first-order valence-electron chi connectivity index (χ1n) is 8.81. The van der Waals surface area contributed by atoms with Crippen LogP contribution in [0.2, 0.25) is 0 Å². The van der Waals surface area contributed by atoms with E-state index in [1.807, 2.05) is 0 Å². The second kappa shape index (κ2) is 16.4. The van der Waals surface area contributed by atoms with E-state index in [-0.39, 0.29) is 0 Å². The molecule has 0 atom stereocenters. The van der Waals surface area contributed by atoms with E-state index in [1.54, 1.807) is 6.08 Å². The van der Waals surface area contributed by atoms with E-state index < -0.39 is 0 Å². The van der Waals surface area contributed by atoms with Gasteiger partial charge in [0.2, 0.25) is 6.08 Å². The van der Waals surface area contributed by atoms with E-state index >= 15 is 0 Å². The average molecular weight is 281 g/mol. The Balaban J connectivity index is 2.97. The maximum Gasteiger partial charge on any atom is 0.234 e. The molecule has 0 amide bonds. The summed E-state index contributed by atoms with van der Waals surface area (Å²) in [5.41, 5.74) is 0. The molecule has 0 rings (SSSR count). The predicted octanol–water partition coefficient (Wildman–Crippen LogP) is 6.05. The smallest absolute Gasteiger partial charge is 0.211 e. The first-order chi connectivity index (χ1) is 9.77. The zero-order valence-electron chi connectivity index (χ0n) is 13.8. The van der Waals surface area contributed by atoms with Gasteiger partial charge in [-0.1, -0.05) is 90.9 Å². The van der Waals surface area contributed by atoms with Crippen LogP contribution in [0, 0.1) is 5.92 Å². The van der Waals surface area contributed by atoms with Crippen LogP contribution >= 0.6 is 0 Å². The standard InChI is InChI=1S/C18H35NO/c1-18(2)15-13-11-9-7-5-3-4-6-8-10-12-14-16-19-17-20/h18H,3-16H2,1-2H3. The fraction of sp³-hybridized carbons (Fsp3) is 0.944. The van der Waals surface area contributed by atoms with Gasteiger partial charge in [0, 0.05) is 0 Å². The summed E-state index contributed by atoms with van der Waals surface area (Å²) in [4.78, 5) is 13.4. The van der Waals surface area contributed by atoms with E-state index in [0.29, 0.717) is 6.54 Å². The highest BCUT2D eigenvalue weighted by Crippen LogP contribution is 2.13. The van der Waals surface area contributed by atoms with E-state index in [2.05, 4.69) is 18.8 Å². The first kappa shape index (κ1) is 19.4. The van der Waals surface area contributed by atoms with E-state index in [4.69, 9.17) is 0 Å². The summed E-state index contributed by atoms with van der Waals surface area (Å²) < 4.78 is 0. The molecule has 0 saturated carbocycles. The number of isocyanates is 1. The third-order valence-corrected chi connectivity index (χ3v) is 3.87. The largest absolute Gasteiger partial charge is 0.234 e. The Morgan fingerprint density at radius 2 is 1.10 bits per heavy atom. The molecule has 0 unspecified atom stereocenters. The maximum atomic E-state index is 9.86. The molecule has 0 heterocycles. The highest BCUT2D eigenvalue weighted by molar-refractivity contribution is 5.32. The van der Waals surface area contributed by atoms with Crippen LogP contribution in [0.1, 0.15) is 97.3 Å². The zero-order valence-corrected chi connectivity index (χ0v) is 13.8. The van der Waals surface area contributed by atoms with Crippen LogP contribution in [0.15, 0.2) is 4.99 Å². The SMILES string of the molecule is CC(C)CCCCCCCCCCCCCCN=C=O. The third-order valence-electron chi connectivity index (χ3n) is 3.87. The number of hydrogen-bond donors (Lipinski definition) is 0. The number of aliphatic imine (C=N–C) groups is 1. The van der Waals surface area contributed by atoms with Crippen molar-refractivity contribution >= 4 is 6.08 Å². The Morgan fingerprint density at radius 3 is 1.50 bits per heavy atom. The molecule has 0 spiro atoms. The van der Waals surface area contributed by atoms with Crippen molar-refractivity contribution in [3.8, 4) is 0 Å². The van der Waals surface area contributed by atoms with Crippen molar-refractivity contribution in [3.63, 3.8) is 0 Å². The number of hydrogen-bond acceptors (Lipinski definition) is 2. The molecule has 0 saturated heterocycles. The number of rotatable bonds is 15. The van der Waals surface area contributed by atoms with Crippen LogP contribution in [0.4, 0.5) is 0 Å². The van der Waals surface area contributed by atoms with Gasteiger partial charge in [-0.25, -0.2) is 9.79 Å². The molecule has 0 aliphatic rings. The Labute approximate surface area is 126 Å². The summed E-state index contributed by atoms with van der Waals surface area (Å²) in [6.07, 6.45) is 19.2. The van der Waals surface area contributed by atoms with E-state index in [0.717, 1.165) is 12.3 Å². The zero-order chi connectivity index (χ0) is 14.9. The second-order valence-corrected chi connectivity index (χ2v) is 6.40. The van der Waals surface area contributed by atoms with Crippen molar-refractivity contribution < 1.29 is 4.79 Å². The molecular formula is C18H35NO. The lowest BCUT2D eigenvalue weighted by Gasteiger charge is -2.04. The summed E-state index contributed by atoms with van der Waals surface area (Å²) in [6.45, 7) is 5.30. The summed E-state index contributed by atoms with van der Waals surface area (Å²) in [7, 11) is 0. The molecule has 0 radical (unpaired) electrons. The number of nitrogens with zero attached hydrogens (tertiary/aromatic N) is 1. The molecule has 0 aromatic heterocycles. The summed E-state index contributed by atoms with van der Waals surface area (Å²) in [6, 6.07) is 0. The summed E-state index contributed by atoms with van der Waals surface area (Å²) >= 11 is 0. The molecule has 0 aromatic carbocycles. The molecule has 0 aliphatic heterocycles. The van der Waals surface area contributed by atoms with Gasteiger partial charge in [0.1, 0.15) is 0 Å². The number of unbranched alkanes of at least 4 members (excludes halogenated alkanes) is 11. The van der Waals surface area contributed by atoms with Gasteiger partial charge in [-0.3, -0.25) is 0 Å². The molecule has 0 aromatic rings. The molecule has 0 fully saturated rings. The Bertz CT molecular complexity index is 232. The lowest BCUT2D eigenvalue weighted by molar-refractivity contribution is 0.503. The average Bonchev–Trinajstić information content (AvgIpc) is 2.43. The van der Waals surface area contributed by atoms with Gasteiger partial charge in [-0.15, -0.1) is 0 Å². The van der Waals surface area contributed by atoms with Crippen LogP contribution in [-0.2, 0) is 4.79 Å². The minimum Gasteiger partial charge on any atom is -0.211 e. The maximum absolute atomic E-state index is 9.86. The molecule has 2 nitrogen and oxygen atoms in total. The van der Waals surface area contributed by atoms with Crippen molar-refractivity contribution in [2.24, 2.45) is 10.9 Å². The molecular weight excluding hydrogens is 246 g/mol. The Kier molecular flexibility index (Phi) is 15.9. The minimum atomic E-state index is 0.667. The van der Waals surface area contributed by atoms with Gasteiger partial charge in [0.05, 0.1) is 6.54 Å². The Morgan fingerprint density at radius 1 is 0.700 bits per heavy atom. The highest BCUT2D eigenvalue weighted by atomic mass is 16.1. The quantitative estimate of drug-likeness (QED) is 0.204. The highest BCUT2D eigenvalue weighted by Gasteiger charge is 1.95. The Hall–Kier alpha value is -0.620. The first-order valence-corrected chi connectivity index (χ1v) is 8.81. The topological polar surface area (TPSA) is 29.4 Å². The lowest BCUT2D eigenvalue weighted by atomic mass is 10.0. The van der Waals surface area contributed by atoms with Crippen molar-refractivity contribution in [3.05, 3.63) is 0 Å². The fourth-order valence-corrected chi connectivity index (χ4v) is 2.56. The predicted molar refractivity (Wildman–Crippen MR) is 87.8 cm³/mol. The van der Waals surface area contributed by atoms with Crippen molar-refractivity contribution in [2.45, 2.75) is 97.3 Å². The molecule has 0 N–H and O–H groups in total. The van der Waals surface area contributed by atoms with Gasteiger partial charge in [0.25, 0.3) is 0 Å². The molecule has 118 valence electrons. The fourth-order valence-electron chi connectivity index (χ4n) is 2.56. The molecule has 0 aliphatic carbocycles. The van der Waals surface area contributed by atoms with Gasteiger partial charge in [-0.05, 0) is 12.3 Å². The van der Waals surface area contributed by atoms with Crippen molar-refractivity contribution in [1.29, 1.82) is 0 Å². The minimum absolute atomic E-state index is 0.667. The molecule has 2 heteroatoms. The van der Waals surface area contributed by atoms with Gasteiger partial charge >= 0.3 is 0 Å². The van der Waals surface area contributed by atoms with E-state index in [9.17, 15) is 4.79 Å². The van der Waals surface area contributed by atoms with Gasteiger partial charge < -0.3 is 0 Å². The van der Waals surface area contributed by atoms with Crippen LogP contribution in [-0.4, -0.2) is 12.6 Å². The number of carbonyl (C=O) groups excluding carboxylic acids is 1. The molecule has 0 bridgehead atoms. The second-order valence-electron chi connectivity index (χ2n) is 6.40. The van der Waals surface area contributed by atoms with Gasteiger partial charge in [0.15, 0.2) is 0 Å². The lowest BCUT2D eigenvalue weighted by Crippen LogP contribution is -1.87. The third kappa shape index (κ3) is 17.4. The molecule has 20 heavy (non-hydrogen) atoms. The summed E-state index contributed by atoms with van der Waals surface area (Å²) in [5, 5.41) is 0. The van der Waals surface area contributed by atoms with E-state index in [1.165, 1.54) is 77.0 Å². The normalized spacial score (nSPS) is 10.8.